The molecule has 3 atom stereocenters. The fourth-order valence-corrected chi connectivity index (χ4v) is 2.69. The molecular weight excluding hydrogens is 280 g/mol. The number of rotatable bonds is 5. The van der Waals surface area contributed by atoms with Gasteiger partial charge in [-0.05, 0) is 31.1 Å². The van der Waals surface area contributed by atoms with Gasteiger partial charge < -0.3 is 16.2 Å². The second-order valence-corrected chi connectivity index (χ2v) is 5.74. The van der Waals surface area contributed by atoms with Crippen LogP contribution < -0.4 is 11.1 Å². The van der Waals surface area contributed by atoms with Gasteiger partial charge >= 0.3 is 5.97 Å². The molecule has 4 N–H and O–H groups in total. The number of carbonyl (C=O) groups excluding carboxylic acids is 1. The number of carboxylic acid groups (broad SMARTS) is 1. The van der Waals surface area contributed by atoms with Crippen LogP contribution in [0.25, 0.3) is 0 Å². The molecule has 116 valence electrons. The third kappa shape index (κ3) is 5.51. The Morgan fingerprint density at radius 3 is 2.50 bits per heavy atom. The molecule has 0 aliphatic heterocycles. The van der Waals surface area contributed by atoms with Gasteiger partial charge in [-0.2, -0.15) is 0 Å². The van der Waals surface area contributed by atoms with Crippen LogP contribution >= 0.6 is 12.4 Å². The van der Waals surface area contributed by atoms with Crippen LogP contribution in [0.3, 0.4) is 0 Å². The van der Waals surface area contributed by atoms with E-state index in [9.17, 15) is 9.59 Å². The maximum atomic E-state index is 11.3. The second-order valence-electron chi connectivity index (χ2n) is 5.74. The molecule has 0 aromatic heterocycles. The van der Waals surface area contributed by atoms with E-state index in [0.29, 0.717) is 24.3 Å². The molecule has 0 saturated carbocycles. The maximum Gasteiger partial charge on any atom is 0.331 e. The van der Waals surface area contributed by atoms with Crippen molar-refractivity contribution in [3.63, 3.8) is 0 Å². The highest BCUT2D eigenvalue weighted by atomic mass is 35.5. The molecule has 0 fully saturated rings. The van der Waals surface area contributed by atoms with Crippen molar-refractivity contribution in [3.8, 4) is 0 Å². The van der Waals surface area contributed by atoms with Crippen molar-refractivity contribution in [1.82, 2.24) is 5.32 Å². The number of aliphatic carboxylic acids is 1. The molecule has 1 amide bonds. The first-order valence-corrected chi connectivity index (χ1v) is 6.76. The second kappa shape index (κ2) is 8.27. The first-order valence-electron chi connectivity index (χ1n) is 6.76. The van der Waals surface area contributed by atoms with Gasteiger partial charge in [-0.15, -0.1) is 12.4 Å². The van der Waals surface area contributed by atoms with E-state index >= 15 is 0 Å². The number of hydrogen-bond donors (Lipinski definition) is 3. The van der Waals surface area contributed by atoms with Crippen LogP contribution in [-0.2, 0) is 9.59 Å². The molecule has 0 heterocycles. The molecule has 5 nitrogen and oxygen atoms in total. The van der Waals surface area contributed by atoms with Gasteiger partial charge in [0, 0.05) is 24.6 Å². The minimum Gasteiger partial charge on any atom is -0.478 e. The van der Waals surface area contributed by atoms with E-state index in [1.807, 2.05) is 0 Å². The van der Waals surface area contributed by atoms with Gasteiger partial charge in [0.05, 0.1) is 0 Å². The standard InChI is InChI=1S/C14H24N2O3.ClH/c1-8(2)6-13(16-9(3)17)11-5-4-10(14(18)19)7-12(11)15;/h4,8,11-13H,5-7,15H2,1-3H3,(H,16,17)(H,18,19);1H/t11-,12-,13+;/m1./s1. The summed E-state index contributed by atoms with van der Waals surface area (Å²) in [6, 6.07) is -0.203. The van der Waals surface area contributed by atoms with E-state index in [-0.39, 0.29) is 36.3 Å². The number of nitrogens with one attached hydrogen (secondary N) is 1. The molecular formula is C14H25ClN2O3. The first kappa shape index (κ1) is 18.9. The van der Waals surface area contributed by atoms with Crippen molar-refractivity contribution in [2.75, 3.05) is 0 Å². The molecule has 6 heteroatoms. The van der Waals surface area contributed by atoms with Gasteiger partial charge in [0.25, 0.3) is 0 Å². The lowest BCUT2D eigenvalue weighted by Gasteiger charge is -2.35. The highest BCUT2D eigenvalue weighted by Crippen LogP contribution is 2.28. The molecule has 0 aromatic carbocycles. The van der Waals surface area contributed by atoms with Crippen molar-refractivity contribution in [2.24, 2.45) is 17.6 Å². The number of nitrogens with two attached hydrogens (primary N) is 1. The largest absolute Gasteiger partial charge is 0.478 e. The molecule has 20 heavy (non-hydrogen) atoms. The monoisotopic (exact) mass is 304 g/mol. The van der Waals surface area contributed by atoms with Crippen molar-refractivity contribution < 1.29 is 14.7 Å². The fourth-order valence-electron chi connectivity index (χ4n) is 2.69. The quantitative estimate of drug-likeness (QED) is 0.721. The van der Waals surface area contributed by atoms with Crippen LogP contribution in [0.2, 0.25) is 0 Å². The molecule has 1 aliphatic rings. The summed E-state index contributed by atoms with van der Waals surface area (Å²) >= 11 is 0. The Bertz CT molecular complexity index is 383. The lowest BCUT2D eigenvalue weighted by molar-refractivity contribution is -0.133. The smallest absolute Gasteiger partial charge is 0.331 e. The van der Waals surface area contributed by atoms with Crippen LogP contribution in [0.4, 0.5) is 0 Å². The summed E-state index contributed by atoms with van der Waals surface area (Å²) in [5.74, 6) is -0.400. The van der Waals surface area contributed by atoms with Gasteiger partial charge in [-0.1, -0.05) is 19.9 Å². The average molecular weight is 305 g/mol. The third-order valence-corrected chi connectivity index (χ3v) is 3.55. The Kier molecular flexibility index (Phi) is 7.83. The van der Waals surface area contributed by atoms with E-state index in [1.54, 1.807) is 6.08 Å². The molecule has 0 spiro atoms. The SMILES string of the molecule is CC(=O)N[C@@H](CC(C)C)[C@@H]1CC=C(C(=O)O)C[C@H]1N.Cl. The molecule has 0 bridgehead atoms. The number of carbonyl (C=O) groups is 2. The number of hydrogen-bond acceptors (Lipinski definition) is 3. The predicted molar refractivity (Wildman–Crippen MR) is 80.7 cm³/mol. The highest BCUT2D eigenvalue weighted by Gasteiger charge is 2.32. The average Bonchev–Trinajstić information content (AvgIpc) is 2.26. The maximum absolute atomic E-state index is 11.3. The topological polar surface area (TPSA) is 92.4 Å². The lowest BCUT2D eigenvalue weighted by atomic mass is 9.78. The summed E-state index contributed by atoms with van der Waals surface area (Å²) in [6.07, 6.45) is 3.58. The zero-order chi connectivity index (χ0) is 14.6. The molecule has 1 aliphatic carbocycles. The van der Waals surface area contributed by atoms with Crippen molar-refractivity contribution in [3.05, 3.63) is 11.6 Å². The van der Waals surface area contributed by atoms with E-state index in [2.05, 4.69) is 19.2 Å². The Hall–Kier alpha value is -1.07. The van der Waals surface area contributed by atoms with Gasteiger partial charge in [0.2, 0.25) is 5.91 Å². The van der Waals surface area contributed by atoms with Gasteiger partial charge in [-0.25, -0.2) is 4.79 Å². The van der Waals surface area contributed by atoms with Crippen LogP contribution in [0.1, 0.15) is 40.0 Å². The van der Waals surface area contributed by atoms with E-state index in [4.69, 9.17) is 10.8 Å². The van der Waals surface area contributed by atoms with Gasteiger partial charge in [0.1, 0.15) is 0 Å². The zero-order valence-electron chi connectivity index (χ0n) is 12.3. The first-order chi connectivity index (χ1) is 8.81. The van der Waals surface area contributed by atoms with E-state index in [1.165, 1.54) is 6.92 Å². The number of amides is 1. The van der Waals surface area contributed by atoms with Gasteiger partial charge in [-0.3, -0.25) is 4.79 Å². The molecule has 0 aromatic rings. The summed E-state index contributed by atoms with van der Waals surface area (Å²) in [5.41, 5.74) is 6.49. The Morgan fingerprint density at radius 1 is 1.50 bits per heavy atom. The van der Waals surface area contributed by atoms with Crippen molar-refractivity contribution in [2.45, 2.75) is 52.1 Å². The van der Waals surface area contributed by atoms with Gasteiger partial charge in [0.15, 0.2) is 0 Å². The normalized spacial score (nSPS) is 23.6. The minimum atomic E-state index is -0.895. The lowest BCUT2D eigenvalue weighted by Crippen LogP contribution is -2.48. The third-order valence-electron chi connectivity index (χ3n) is 3.55. The number of halogens is 1. The zero-order valence-corrected chi connectivity index (χ0v) is 13.1. The van der Waals surface area contributed by atoms with Crippen LogP contribution in [0.15, 0.2) is 11.6 Å². The summed E-state index contributed by atoms with van der Waals surface area (Å²) in [5, 5.41) is 11.9. The number of allylic oxidation sites excluding steroid dienone is 1. The Balaban J connectivity index is 0.00000361. The van der Waals surface area contributed by atoms with Crippen LogP contribution in [0.5, 0.6) is 0 Å². The van der Waals surface area contributed by atoms with Crippen molar-refractivity contribution >= 4 is 24.3 Å². The van der Waals surface area contributed by atoms with Crippen LogP contribution in [0, 0.1) is 11.8 Å². The van der Waals surface area contributed by atoms with E-state index < -0.39 is 5.97 Å². The molecule has 0 radical (unpaired) electrons. The Morgan fingerprint density at radius 2 is 2.10 bits per heavy atom. The van der Waals surface area contributed by atoms with E-state index in [0.717, 1.165) is 6.42 Å². The van der Waals surface area contributed by atoms with Crippen molar-refractivity contribution in [1.29, 1.82) is 0 Å². The summed E-state index contributed by atoms with van der Waals surface area (Å²) in [4.78, 5) is 22.2. The minimum absolute atomic E-state index is 0. The summed E-state index contributed by atoms with van der Waals surface area (Å²) in [7, 11) is 0. The summed E-state index contributed by atoms with van der Waals surface area (Å²) < 4.78 is 0. The molecule has 0 saturated heterocycles. The highest BCUT2D eigenvalue weighted by molar-refractivity contribution is 5.86. The Labute approximate surface area is 126 Å². The molecule has 1 rings (SSSR count). The predicted octanol–water partition coefficient (Wildman–Crippen LogP) is 1.71. The van der Waals surface area contributed by atoms with Crippen LogP contribution in [-0.4, -0.2) is 29.1 Å². The fraction of sp³-hybridized carbons (Fsp3) is 0.714. The molecule has 0 unspecified atom stereocenters. The number of carboxylic acids is 1. The summed E-state index contributed by atoms with van der Waals surface area (Å²) in [6.45, 7) is 5.70.